The fourth-order valence-electron chi connectivity index (χ4n) is 6.22. The van der Waals surface area contributed by atoms with Crippen LogP contribution in [-0.4, -0.2) is 64.9 Å². The summed E-state index contributed by atoms with van der Waals surface area (Å²) in [7, 11) is -3.39. The number of aromatic nitrogens is 3. The molecule has 6 rings (SSSR count). The fourth-order valence-corrected chi connectivity index (χ4v) is 6.80. The Bertz CT molecular complexity index is 1390. The zero-order valence-corrected chi connectivity index (χ0v) is 22.7. The molecule has 5 atom stereocenters. The maximum absolute atomic E-state index is 12.3. The molecule has 3 aromatic heterocycles. The molecular formula is C27H36N8O2S. The minimum atomic E-state index is -3.39. The predicted molar refractivity (Wildman–Crippen MR) is 148 cm³/mol. The van der Waals surface area contributed by atoms with Crippen molar-refractivity contribution in [2.75, 3.05) is 16.9 Å². The van der Waals surface area contributed by atoms with Gasteiger partial charge >= 0.3 is 0 Å². The first-order valence-corrected chi connectivity index (χ1v) is 15.4. The number of nitrogens with one attached hydrogen (secondary N) is 4. The lowest BCUT2D eigenvalue weighted by Gasteiger charge is -2.49. The number of rotatable bonds is 7. The molecule has 2 bridgehead atoms. The molecule has 3 unspecified atom stereocenters. The first-order valence-electron chi connectivity index (χ1n) is 13.5. The van der Waals surface area contributed by atoms with Crippen molar-refractivity contribution in [1.29, 1.82) is 0 Å². The van der Waals surface area contributed by atoms with Crippen LogP contribution in [0.1, 0.15) is 51.0 Å². The van der Waals surface area contributed by atoms with E-state index in [0.29, 0.717) is 35.3 Å². The van der Waals surface area contributed by atoms with Crippen molar-refractivity contribution < 1.29 is 8.42 Å². The van der Waals surface area contributed by atoms with Gasteiger partial charge in [-0.1, -0.05) is 6.42 Å². The van der Waals surface area contributed by atoms with E-state index in [1.54, 1.807) is 6.07 Å². The molecule has 3 aliphatic rings. The average Bonchev–Trinajstić information content (AvgIpc) is 3.28. The predicted octanol–water partition coefficient (Wildman–Crippen LogP) is 3.05. The molecular weight excluding hydrogens is 500 g/mol. The third kappa shape index (κ3) is 5.47. The topological polar surface area (TPSA) is 124 Å². The summed E-state index contributed by atoms with van der Waals surface area (Å²) < 4.78 is 24.6. The molecule has 4 N–H and O–H groups in total. The molecule has 0 spiro atoms. The van der Waals surface area contributed by atoms with E-state index in [0.717, 1.165) is 31.2 Å². The van der Waals surface area contributed by atoms with E-state index in [1.165, 1.54) is 37.3 Å². The van der Waals surface area contributed by atoms with Crippen molar-refractivity contribution in [3.63, 3.8) is 0 Å². The highest BCUT2D eigenvalue weighted by molar-refractivity contribution is 7.90. The number of pyridine rings is 3. The van der Waals surface area contributed by atoms with Crippen LogP contribution in [-0.2, 0) is 16.4 Å². The largest absolute Gasteiger partial charge is 0.367 e. The number of sulfone groups is 1. The lowest BCUT2D eigenvalue weighted by molar-refractivity contribution is 0.0277. The number of anilines is 2. The molecule has 3 aliphatic heterocycles. The van der Waals surface area contributed by atoms with Crippen molar-refractivity contribution in [2.45, 2.75) is 87.2 Å². The van der Waals surface area contributed by atoms with Crippen molar-refractivity contribution in [3.8, 4) is 0 Å². The summed E-state index contributed by atoms with van der Waals surface area (Å²) in [5.41, 5.74) is 8.50. The molecule has 6 heterocycles. The van der Waals surface area contributed by atoms with E-state index < -0.39 is 9.84 Å². The number of piperidine rings is 2. The number of nitrogens with zero attached hydrogens (tertiary/aromatic N) is 4. The van der Waals surface area contributed by atoms with E-state index in [2.05, 4.69) is 55.4 Å². The van der Waals surface area contributed by atoms with Gasteiger partial charge in [0.05, 0.1) is 16.6 Å². The van der Waals surface area contributed by atoms with Crippen molar-refractivity contribution >= 4 is 32.4 Å². The third-order valence-electron chi connectivity index (χ3n) is 8.08. The lowest BCUT2D eigenvalue weighted by atomic mass is 9.81. The summed E-state index contributed by atoms with van der Waals surface area (Å²) in [6.45, 7) is 3.08. The van der Waals surface area contributed by atoms with Crippen LogP contribution in [0.5, 0.6) is 0 Å². The molecule has 0 aliphatic carbocycles. The monoisotopic (exact) mass is 536 g/mol. The number of hydrogen-bond acceptors (Lipinski definition) is 10. The Hall–Kier alpha value is -2.86. The second kappa shape index (κ2) is 10.4. The van der Waals surface area contributed by atoms with Gasteiger partial charge < -0.3 is 10.6 Å². The summed E-state index contributed by atoms with van der Waals surface area (Å²) in [6.07, 6.45) is 13.0. The Morgan fingerprint density at radius 2 is 1.82 bits per heavy atom. The van der Waals surface area contributed by atoms with Gasteiger partial charge in [-0.05, 0) is 62.8 Å². The van der Waals surface area contributed by atoms with Gasteiger partial charge in [0.1, 0.15) is 11.6 Å². The number of fused-ring (bicyclic) bond motifs is 3. The Kier molecular flexibility index (Phi) is 6.93. The van der Waals surface area contributed by atoms with E-state index in [4.69, 9.17) is 4.98 Å². The molecule has 3 aromatic rings. The standard InChI is InChI=1S/C27H36N8O2S/c1-17-10-26(34-33-17)31-25-14-24-23(13-22(15-29-24)38(2,36)37)27(32-25)30-19-11-20-4-3-5-21(12-19)35(20)16-18-6-8-28-9-7-18/h6-9,13-15,17,19-21,26,33-34H,3-5,10-12,16H2,1-2H3,(H2,30,31,32)/t17?,19?,20-,21+,26?. The van der Waals surface area contributed by atoms with Crippen LogP contribution in [0.3, 0.4) is 0 Å². The second-order valence-electron chi connectivity index (χ2n) is 11.1. The molecule has 0 saturated carbocycles. The van der Waals surface area contributed by atoms with Gasteiger partial charge in [0, 0.05) is 67.0 Å². The third-order valence-corrected chi connectivity index (χ3v) is 9.16. The Morgan fingerprint density at radius 3 is 2.50 bits per heavy atom. The quantitative estimate of drug-likeness (QED) is 0.358. The summed E-state index contributed by atoms with van der Waals surface area (Å²) in [5, 5.41) is 7.93. The molecule has 3 saturated heterocycles. The maximum Gasteiger partial charge on any atom is 0.177 e. The van der Waals surface area contributed by atoms with E-state index >= 15 is 0 Å². The van der Waals surface area contributed by atoms with Crippen LogP contribution in [0.25, 0.3) is 10.9 Å². The molecule has 0 amide bonds. The van der Waals surface area contributed by atoms with Crippen molar-refractivity contribution in [1.82, 2.24) is 30.7 Å². The highest BCUT2D eigenvalue weighted by atomic mass is 32.2. The van der Waals surface area contributed by atoms with Crippen LogP contribution in [0.15, 0.2) is 47.8 Å². The van der Waals surface area contributed by atoms with Crippen LogP contribution in [0.4, 0.5) is 11.6 Å². The fraction of sp³-hybridized carbons (Fsp3) is 0.519. The second-order valence-corrected chi connectivity index (χ2v) is 13.1. The molecule has 10 nitrogen and oxygen atoms in total. The molecule has 0 aromatic carbocycles. The van der Waals surface area contributed by atoms with Gasteiger partial charge in [-0.25, -0.2) is 18.8 Å². The summed E-state index contributed by atoms with van der Waals surface area (Å²) in [4.78, 5) is 16.5. The highest BCUT2D eigenvalue weighted by Gasteiger charge is 2.38. The molecule has 0 radical (unpaired) electrons. The Morgan fingerprint density at radius 1 is 1.05 bits per heavy atom. The van der Waals surface area contributed by atoms with Gasteiger partial charge in [0.15, 0.2) is 9.84 Å². The van der Waals surface area contributed by atoms with Crippen molar-refractivity contribution in [2.24, 2.45) is 0 Å². The van der Waals surface area contributed by atoms with Gasteiger partial charge in [0.25, 0.3) is 0 Å². The molecule has 3 fully saturated rings. The van der Waals surface area contributed by atoms with Gasteiger partial charge in [0.2, 0.25) is 0 Å². The summed E-state index contributed by atoms with van der Waals surface area (Å²) in [6, 6.07) is 9.42. The number of hydrazine groups is 1. The normalized spacial score (nSPS) is 27.9. The van der Waals surface area contributed by atoms with Crippen LogP contribution >= 0.6 is 0 Å². The van der Waals surface area contributed by atoms with E-state index in [9.17, 15) is 8.42 Å². The molecule has 202 valence electrons. The highest BCUT2D eigenvalue weighted by Crippen LogP contribution is 2.37. The average molecular weight is 537 g/mol. The van der Waals surface area contributed by atoms with E-state index in [1.807, 2.05) is 18.5 Å². The van der Waals surface area contributed by atoms with Gasteiger partial charge in [-0.15, -0.1) is 0 Å². The van der Waals surface area contributed by atoms with E-state index in [-0.39, 0.29) is 17.1 Å². The summed E-state index contributed by atoms with van der Waals surface area (Å²) >= 11 is 0. The van der Waals surface area contributed by atoms with Crippen LogP contribution < -0.4 is 21.5 Å². The maximum atomic E-state index is 12.3. The first-order chi connectivity index (χ1) is 18.3. The van der Waals surface area contributed by atoms with Crippen LogP contribution in [0, 0.1) is 0 Å². The number of hydrogen-bond donors (Lipinski definition) is 4. The molecule has 11 heteroatoms. The Balaban J connectivity index is 1.28. The first kappa shape index (κ1) is 25.4. The summed E-state index contributed by atoms with van der Waals surface area (Å²) in [5.74, 6) is 1.40. The zero-order valence-electron chi connectivity index (χ0n) is 21.9. The zero-order chi connectivity index (χ0) is 26.3. The van der Waals surface area contributed by atoms with Gasteiger partial charge in [-0.2, -0.15) is 0 Å². The smallest absolute Gasteiger partial charge is 0.177 e. The Labute approximate surface area is 223 Å². The van der Waals surface area contributed by atoms with Crippen LogP contribution in [0.2, 0.25) is 0 Å². The minimum absolute atomic E-state index is 0.0499. The lowest BCUT2D eigenvalue weighted by Crippen LogP contribution is -2.54. The minimum Gasteiger partial charge on any atom is -0.367 e. The van der Waals surface area contributed by atoms with Crippen molar-refractivity contribution in [3.05, 3.63) is 48.4 Å². The molecule has 38 heavy (non-hydrogen) atoms. The van der Waals surface area contributed by atoms with Gasteiger partial charge in [-0.3, -0.25) is 20.3 Å². The SMILES string of the molecule is CC1CC(Nc2cc3ncc(S(C)(=O)=O)cc3c(NC3C[C@H]4CCC[C@@H](C3)N4Cc3ccncc3)n2)NN1.